The zero-order chi connectivity index (χ0) is 30.2. The molecule has 1 aromatic carbocycles. The molecule has 0 spiro atoms. The smallest absolute Gasteiger partial charge is 0.325 e. The van der Waals surface area contributed by atoms with Crippen molar-refractivity contribution in [3.05, 3.63) is 48.3 Å². The lowest BCUT2D eigenvalue weighted by Gasteiger charge is -2.22. The Morgan fingerprint density at radius 3 is 1.69 bits per heavy atom. The molecule has 0 saturated heterocycles. The Labute approximate surface area is 208 Å². The van der Waals surface area contributed by atoms with E-state index >= 15 is 0 Å². The first-order valence-electron chi connectivity index (χ1n) is 9.53. The number of rotatable bonds is 5. The van der Waals surface area contributed by atoms with Gasteiger partial charge in [0.15, 0.2) is 0 Å². The summed E-state index contributed by atoms with van der Waals surface area (Å²) in [5.74, 6) is -14.3. The number of alkyl halides is 12. The SMILES string of the molecule is O=C(Nc1ccc(S(=O)(=O)/N=c2/ncccn2C(=O)C(C(F)(F)F)C(F)(F)F)cc1)C(C(F)(F)F)C(F)(F)F. The summed E-state index contributed by atoms with van der Waals surface area (Å²) in [4.78, 5) is 25.8. The Bertz CT molecular complexity index is 1360. The molecule has 8 nitrogen and oxygen atoms in total. The molecule has 39 heavy (non-hydrogen) atoms. The summed E-state index contributed by atoms with van der Waals surface area (Å²) in [5.41, 5.74) is -2.23. The molecule has 1 N–H and O–H groups in total. The van der Waals surface area contributed by atoms with Gasteiger partial charge in [-0.25, -0.2) is 4.98 Å². The van der Waals surface area contributed by atoms with Crippen LogP contribution in [0.5, 0.6) is 0 Å². The molecule has 1 aromatic heterocycles. The monoisotopic (exact) mass is 606 g/mol. The quantitative estimate of drug-likeness (QED) is 0.513. The molecule has 0 aliphatic carbocycles. The highest BCUT2D eigenvalue weighted by Gasteiger charge is 2.62. The number of nitrogens with one attached hydrogen (secondary N) is 1. The highest BCUT2D eigenvalue weighted by atomic mass is 32.2. The van der Waals surface area contributed by atoms with Crippen molar-refractivity contribution in [2.45, 2.75) is 29.6 Å². The van der Waals surface area contributed by atoms with Crippen LogP contribution < -0.4 is 10.9 Å². The van der Waals surface area contributed by atoms with Crippen LogP contribution in [0.1, 0.15) is 4.79 Å². The van der Waals surface area contributed by atoms with E-state index in [1.54, 1.807) is 0 Å². The number of nitrogens with zero attached hydrogens (tertiary/aromatic N) is 3. The molecule has 1 amide bonds. The molecular formula is C18H10F12N4O4S. The highest BCUT2D eigenvalue weighted by molar-refractivity contribution is 7.90. The molecular weight excluding hydrogens is 596 g/mol. The lowest BCUT2D eigenvalue weighted by Crippen LogP contribution is -2.47. The van der Waals surface area contributed by atoms with Crippen LogP contribution in [0.3, 0.4) is 0 Å². The van der Waals surface area contributed by atoms with Crippen LogP contribution >= 0.6 is 0 Å². The van der Waals surface area contributed by atoms with Crippen LogP contribution in [-0.4, -0.2) is 54.5 Å². The van der Waals surface area contributed by atoms with Crippen LogP contribution in [0.15, 0.2) is 52.0 Å². The van der Waals surface area contributed by atoms with Crippen molar-refractivity contribution in [1.82, 2.24) is 9.55 Å². The second-order valence-corrected chi connectivity index (χ2v) is 8.84. The molecule has 0 aliphatic heterocycles. The van der Waals surface area contributed by atoms with Gasteiger partial charge in [-0.05, 0) is 30.3 Å². The van der Waals surface area contributed by atoms with Gasteiger partial charge in [0.2, 0.25) is 23.4 Å². The minimum Gasteiger partial charge on any atom is -0.325 e. The third kappa shape index (κ3) is 7.69. The second-order valence-electron chi connectivity index (χ2n) is 7.24. The average Bonchev–Trinajstić information content (AvgIpc) is 2.69. The van der Waals surface area contributed by atoms with E-state index in [1.165, 1.54) is 5.32 Å². The van der Waals surface area contributed by atoms with Crippen molar-refractivity contribution in [3.8, 4) is 0 Å². The summed E-state index contributed by atoms with van der Waals surface area (Å²) < 4.78 is 181. The molecule has 0 radical (unpaired) electrons. The van der Waals surface area contributed by atoms with Crippen molar-refractivity contribution in [2.24, 2.45) is 16.2 Å². The van der Waals surface area contributed by atoms with Crippen LogP contribution in [0.2, 0.25) is 0 Å². The van der Waals surface area contributed by atoms with E-state index in [-0.39, 0.29) is 0 Å². The fourth-order valence-electron chi connectivity index (χ4n) is 2.78. The van der Waals surface area contributed by atoms with Crippen molar-refractivity contribution in [2.75, 3.05) is 5.32 Å². The Morgan fingerprint density at radius 1 is 0.795 bits per heavy atom. The van der Waals surface area contributed by atoms with Crippen molar-refractivity contribution < 1.29 is 70.7 Å². The van der Waals surface area contributed by atoms with Gasteiger partial charge in [0.05, 0.1) is 4.90 Å². The van der Waals surface area contributed by atoms with E-state index in [0.717, 1.165) is 0 Å². The molecule has 0 atom stereocenters. The van der Waals surface area contributed by atoms with Crippen LogP contribution in [0.4, 0.5) is 58.4 Å². The van der Waals surface area contributed by atoms with Crippen molar-refractivity contribution in [1.29, 1.82) is 0 Å². The lowest BCUT2D eigenvalue weighted by atomic mass is 10.1. The molecule has 0 saturated carbocycles. The van der Waals surface area contributed by atoms with Crippen LogP contribution in [0, 0.1) is 11.8 Å². The number of anilines is 1. The predicted molar refractivity (Wildman–Crippen MR) is 102 cm³/mol. The minimum atomic E-state index is -6.15. The maximum Gasteiger partial charge on any atom is 0.409 e. The molecule has 2 aromatic rings. The van der Waals surface area contributed by atoms with Gasteiger partial charge in [-0.1, -0.05) is 0 Å². The molecule has 0 bridgehead atoms. The summed E-state index contributed by atoms with van der Waals surface area (Å²) in [6, 6.07) is 2.62. The number of sulfonamides is 1. The summed E-state index contributed by atoms with van der Waals surface area (Å²) in [7, 11) is -5.12. The molecule has 0 aliphatic rings. The topological polar surface area (TPSA) is 110 Å². The number of aromatic nitrogens is 2. The van der Waals surface area contributed by atoms with E-state index in [9.17, 15) is 70.7 Å². The maximum absolute atomic E-state index is 12.9. The molecule has 2 rings (SSSR count). The largest absolute Gasteiger partial charge is 0.409 e. The second kappa shape index (κ2) is 10.5. The van der Waals surface area contributed by atoms with E-state index in [2.05, 4.69) is 9.38 Å². The number of amides is 1. The van der Waals surface area contributed by atoms with Crippen molar-refractivity contribution >= 4 is 27.5 Å². The summed E-state index contributed by atoms with van der Waals surface area (Å²) >= 11 is 0. The number of benzene rings is 1. The summed E-state index contributed by atoms with van der Waals surface area (Å²) in [6.45, 7) is 0. The number of halogens is 12. The first-order valence-corrected chi connectivity index (χ1v) is 11.0. The first-order chi connectivity index (χ1) is 17.5. The Morgan fingerprint density at radius 2 is 1.26 bits per heavy atom. The van der Waals surface area contributed by atoms with Gasteiger partial charge >= 0.3 is 24.7 Å². The van der Waals surface area contributed by atoms with E-state index in [1.807, 2.05) is 0 Å². The molecule has 21 heteroatoms. The Kier molecular flexibility index (Phi) is 8.49. The van der Waals surface area contributed by atoms with Crippen LogP contribution in [0.25, 0.3) is 0 Å². The van der Waals surface area contributed by atoms with Crippen molar-refractivity contribution in [3.63, 3.8) is 0 Å². The van der Waals surface area contributed by atoms with Gasteiger partial charge in [0.1, 0.15) is 0 Å². The molecule has 216 valence electrons. The third-order valence-corrected chi connectivity index (χ3v) is 5.68. The minimum absolute atomic E-state index is 0.310. The molecule has 0 fully saturated rings. The summed E-state index contributed by atoms with van der Waals surface area (Å²) in [6.07, 6.45) is -23.4. The van der Waals surface area contributed by atoms with Gasteiger partial charge in [-0.15, -0.1) is 4.40 Å². The number of carbonyl (C=O) groups excluding carboxylic acids is 2. The van der Waals surface area contributed by atoms with Gasteiger partial charge in [-0.3, -0.25) is 14.2 Å². The van der Waals surface area contributed by atoms with E-state index in [4.69, 9.17) is 0 Å². The Hall–Kier alpha value is -3.65. The zero-order valence-corrected chi connectivity index (χ0v) is 18.9. The highest BCUT2D eigenvalue weighted by Crippen LogP contribution is 2.41. The third-order valence-electron chi connectivity index (χ3n) is 4.40. The number of carbonyl (C=O) groups is 2. The van der Waals surface area contributed by atoms with Gasteiger partial charge in [-0.2, -0.15) is 61.1 Å². The normalized spacial score (nSPS) is 14.2. The fourth-order valence-corrected chi connectivity index (χ4v) is 3.71. The van der Waals surface area contributed by atoms with E-state index in [0.29, 0.717) is 42.7 Å². The number of hydrogen-bond donors (Lipinski definition) is 1. The van der Waals surface area contributed by atoms with Gasteiger partial charge < -0.3 is 5.32 Å². The fraction of sp³-hybridized carbons (Fsp3) is 0.333. The molecule has 1 heterocycles. The Balaban J connectivity index is 2.45. The average molecular weight is 606 g/mol. The predicted octanol–water partition coefficient (Wildman–Crippen LogP) is 4.23. The molecule has 0 unspecified atom stereocenters. The van der Waals surface area contributed by atoms with Crippen LogP contribution in [-0.2, 0) is 14.8 Å². The van der Waals surface area contributed by atoms with E-state index < -0.39 is 79.1 Å². The lowest BCUT2D eigenvalue weighted by molar-refractivity contribution is -0.273. The summed E-state index contributed by atoms with van der Waals surface area (Å²) in [5, 5.41) is 1.27. The standard InChI is InChI=1S/C18H10F12N4O4S/c19-15(20,21)10(16(22,23)24)12(35)32-8-2-4-9(5-3-8)39(37,38)33-14-31-6-1-7-34(14)13(36)11(17(25,26)27)18(28,29)30/h1-7,10-11H,(H,32,35)/b33-14-. The van der Waals surface area contributed by atoms with Gasteiger partial charge in [0, 0.05) is 18.1 Å². The first kappa shape index (κ1) is 31.6. The zero-order valence-electron chi connectivity index (χ0n) is 18.1. The van der Waals surface area contributed by atoms with Gasteiger partial charge in [0.25, 0.3) is 15.9 Å². The number of hydrogen-bond acceptors (Lipinski definition) is 5. The maximum atomic E-state index is 12.9.